The van der Waals surface area contributed by atoms with Crippen molar-refractivity contribution in [1.82, 2.24) is 10.2 Å². The Kier molecular flexibility index (Phi) is 5.67. The van der Waals surface area contributed by atoms with Gasteiger partial charge in [0, 0.05) is 5.75 Å². The number of hydrogen-bond acceptors (Lipinski definition) is 5. The normalized spacial score (nSPS) is 12.2. The Hall–Kier alpha value is -2.11. The van der Waals surface area contributed by atoms with Crippen LogP contribution in [-0.4, -0.2) is 15.3 Å². The van der Waals surface area contributed by atoms with E-state index in [9.17, 15) is 0 Å². The van der Waals surface area contributed by atoms with Gasteiger partial charge in [-0.05, 0) is 23.1 Å². The molecule has 0 aliphatic heterocycles. The van der Waals surface area contributed by atoms with Gasteiger partial charge in [0.15, 0.2) is 0 Å². The Bertz CT molecular complexity index is 757. The molecule has 5 heteroatoms. The van der Waals surface area contributed by atoms with Crippen molar-refractivity contribution in [3.8, 4) is 0 Å². The van der Waals surface area contributed by atoms with Gasteiger partial charge in [0.1, 0.15) is 0 Å². The van der Waals surface area contributed by atoms with Crippen LogP contribution in [0.4, 0.5) is 0 Å². The van der Waals surface area contributed by atoms with Gasteiger partial charge in [-0.3, -0.25) is 0 Å². The highest BCUT2D eigenvalue weighted by atomic mass is 32.2. The maximum atomic E-state index is 9.07. The van der Waals surface area contributed by atoms with Gasteiger partial charge >= 0.3 is 0 Å². The summed E-state index contributed by atoms with van der Waals surface area (Å²) in [5.41, 5.74) is 3.27. The minimum absolute atomic E-state index is 0.0678. The molecule has 24 heavy (non-hydrogen) atoms. The molecule has 4 nitrogen and oxygen atoms in total. The average molecular weight is 340 g/mol. The van der Waals surface area contributed by atoms with Crippen molar-refractivity contribution in [1.29, 1.82) is 0 Å². The molecule has 1 N–H and O–H groups in total. The largest absolute Gasteiger partial charge is 0.415 e. The molecule has 3 rings (SSSR count). The van der Waals surface area contributed by atoms with Crippen LogP contribution in [0, 0.1) is 0 Å². The lowest BCUT2D eigenvalue weighted by Gasteiger charge is -2.10. The lowest BCUT2D eigenvalue weighted by molar-refractivity contribution is 0.282. The quantitative estimate of drug-likeness (QED) is 0.646. The van der Waals surface area contributed by atoms with Gasteiger partial charge in [-0.15, -0.1) is 10.2 Å². The standard InChI is InChI=1S/C19H20N2O2S/c1-2-17(16-6-4-3-5-7-16)18-20-21-19(23-18)24-13-15-10-8-14(12-22)9-11-15/h3-11,17,22H,2,12-13H2,1H3. The Balaban J connectivity index is 1.66. The van der Waals surface area contributed by atoms with Crippen LogP contribution in [0.25, 0.3) is 0 Å². The lowest BCUT2D eigenvalue weighted by atomic mass is 9.97. The third kappa shape index (κ3) is 4.04. The van der Waals surface area contributed by atoms with Gasteiger partial charge in [-0.2, -0.15) is 0 Å². The highest BCUT2D eigenvalue weighted by Crippen LogP contribution is 2.29. The number of aliphatic hydroxyl groups excluding tert-OH is 1. The fourth-order valence-electron chi connectivity index (χ4n) is 2.54. The smallest absolute Gasteiger partial charge is 0.276 e. The Morgan fingerprint density at radius 2 is 1.71 bits per heavy atom. The third-order valence-electron chi connectivity index (χ3n) is 3.90. The van der Waals surface area contributed by atoms with Gasteiger partial charge in [0.25, 0.3) is 5.22 Å². The summed E-state index contributed by atoms with van der Waals surface area (Å²) in [6.07, 6.45) is 0.916. The van der Waals surface area contributed by atoms with Crippen molar-refractivity contribution in [3.63, 3.8) is 0 Å². The van der Waals surface area contributed by atoms with Crippen LogP contribution >= 0.6 is 11.8 Å². The molecule has 0 aliphatic rings. The SMILES string of the molecule is CCC(c1ccccc1)c1nnc(SCc2ccc(CO)cc2)o1. The van der Waals surface area contributed by atoms with E-state index in [0.29, 0.717) is 11.1 Å². The maximum Gasteiger partial charge on any atom is 0.276 e. The number of thioether (sulfide) groups is 1. The second kappa shape index (κ2) is 8.13. The summed E-state index contributed by atoms with van der Waals surface area (Å²) >= 11 is 1.53. The number of rotatable bonds is 7. The molecule has 0 saturated heterocycles. The molecule has 3 aromatic rings. The number of hydrogen-bond donors (Lipinski definition) is 1. The van der Waals surface area contributed by atoms with Crippen molar-refractivity contribution in [2.45, 2.75) is 36.8 Å². The average Bonchev–Trinajstić information content (AvgIpc) is 3.11. The predicted molar refractivity (Wildman–Crippen MR) is 94.8 cm³/mol. The molecule has 0 amide bonds. The molecule has 0 radical (unpaired) electrons. The number of benzene rings is 2. The van der Waals surface area contributed by atoms with Gasteiger partial charge in [-0.1, -0.05) is 73.3 Å². The van der Waals surface area contributed by atoms with Crippen LogP contribution in [0.3, 0.4) is 0 Å². The summed E-state index contributed by atoms with van der Waals surface area (Å²) in [5, 5.41) is 18.1. The van der Waals surface area contributed by atoms with Crippen molar-refractivity contribution in [3.05, 3.63) is 77.2 Å². The summed E-state index contributed by atoms with van der Waals surface area (Å²) in [7, 11) is 0. The highest BCUT2D eigenvalue weighted by Gasteiger charge is 2.19. The highest BCUT2D eigenvalue weighted by molar-refractivity contribution is 7.98. The van der Waals surface area contributed by atoms with Gasteiger partial charge in [-0.25, -0.2) is 0 Å². The molecule has 2 aromatic carbocycles. The molecule has 1 heterocycles. The van der Waals surface area contributed by atoms with Crippen LogP contribution in [0.1, 0.15) is 41.8 Å². The minimum Gasteiger partial charge on any atom is -0.415 e. The van der Waals surface area contributed by atoms with E-state index < -0.39 is 0 Å². The molecule has 1 unspecified atom stereocenters. The van der Waals surface area contributed by atoms with E-state index >= 15 is 0 Å². The van der Waals surface area contributed by atoms with Crippen LogP contribution in [0.5, 0.6) is 0 Å². The first-order valence-corrected chi connectivity index (χ1v) is 8.98. The molecular weight excluding hydrogens is 320 g/mol. The van der Waals surface area contributed by atoms with Crippen molar-refractivity contribution in [2.75, 3.05) is 0 Å². The van der Waals surface area contributed by atoms with Crippen LogP contribution < -0.4 is 0 Å². The summed E-state index contributed by atoms with van der Waals surface area (Å²) in [5.74, 6) is 1.56. The number of nitrogens with zero attached hydrogens (tertiary/aromatic N) is 2. The monoisotopic (exact) mass is 340 g/mol. The van der Waals surface area contributed by atoms with E-state index in [1.54, 1.807) is 0 Å². The summed E-state index contributed by atoms with van der Waals surface area (Å²) in [4.78, 5) is 0. The van der Waals surface area contributed by atoms with E-state index in [1.807, 2.05) is 42.5 Å². The topological polar surface area (TPSA) is 59.2 Å². The molecule has 0 fully saturated rings. The van der Waals surface area contributed by atoms with Crippen LogP contribution in [-0.2, 0) is 12.4 Å². The van der Waals surface area contributed by atoms with E-state index in [1.165, 1.54) is 17.3 Å². The van der Waals surface area contributed by atoms with Crippen molar-refractivity contribution < 1.29 is 9.52 Å². The summed E-state index contributed by atoms with van der Waals surface area (Å²) in [6.45, 7) is 2.19. The van der Waals surface area contributed by atoms with Gasteiger partial charge < -0.3 is 9.52 Å². The minimum atomic E-state index is 0.0678. The second-order valence-electron chi connectivity index (χ2n) is 5.54. The van der Waals surface area contributed by atoms with Crippen molar-refractivity contribution in [2.24, 2.45) is 0 Å². The first-order chi connectivity index (χ1) is 11.8. The first-order valence-electron chi connectivity index (χ1n) is 8.00. The van der Waals surface area contributed by atoms with E-state index in [0.717, 1.165) is 23.3 Å². The molecule has 0 saturated carbocycles. The predicted octanol–water partition coefficient (Wildman–Crippen LogP) is 4.40. The number of aromatic nitrogens is 2. The summed E-state index contributed by atoms with van der Waals surface area (Å²) < 4.78 is 5.86. The molecule has 0 aliphatic carbocycles. The number of aliphatic hydroxyl groups is 1. The molecular formula is C19H20N2O2S. The zero-order valence-electron chi connectivity index (χ0n) is 13.6. The van der Waals surface area contributed by atoms with Crippen LogP contribution in [0.2, 0.25) is 0 Å². The fourth-order valence-corrected chi connectivity index (χ4v) is 3.27. The van der Waals surface area contributed by atoms with Gasteiger partial charge in [0.2, 0.25) is 5.89 Å². The van der Waals surface area contributed by atoms with Crippen LogP contribution in [0.15, 0.2) is 64.2 Å². The second-order valence-corrected chi connectivity index (χ2v) is 6.47. The maximum absolute atomic E-state index is 9.07. The molecule has 1 aromatic heterocycles. The van der Waals surface area contributed by atoms with E-state index in [-0.39, 0.29) is 12.5 Å². The zero-order valence-corrected chi connectivity index (χ0v) is 14.4. The van der Waals surface area contributed by atoms with E-state index in [2.05, 4.69) is 29.3 Å². The first kappa shape index (κ1) is 16.7. The third-order valence-corrected chi connectivity index (χ3v) is 4.79. The Morgan fingerprint density at radius 3 is 2.38 bits per heavy atom. The van der Waals surface area contributed by atoms with Crippen molar-refractivity contribution >= 4 is 11.8 Å². The molecule has 0 spiro atoms. The summed E-state index contributed by atoms with van der Waals surface area (Å²) in [6, 6.07) is 18.1. The molecule has 0 bridgehead atoms. The Labute approximate surface area is 145 Å². The van der Waals surface area contributed by atoms with E-state index in [4.69, 9.17) is 9.52 Å². The lowest BCUT2D eigenvalue weighted by Crippen LogP contribution is -1.99. The molecule has 1 atom stereocenters. The van der Waals surface area contributed by atoms with Gasteiger partial charge in [0.05, 0.1) is 12.5 Å². The zero-order chi connectivity index (χ0) is 16.8. The molecule has 124 valence electrons. The Morgan fingerprint density at radius 1 is 1.00 bits per heavy atom. The fraction of sp³-hybridized carbons (Fsp3) is 0.263.